The van der Waals surface area contributed by atoms with E-state index in [4.69, 9.17) is 0 Å². The molecule has 0 radical (unpaired) electrons. The molecule has 3 nitrogen and oxygen atoms in total. The summed E-state index contributed by atoms with van der Waals surface area (Å²) in [6.45, 7) is 1.22. The van der Waals surface area contributed by atoms with Gasteiger partial charge in [0, 0.05) is 0 Å². The van der Waals surface area contributed by atoms with Gasteiger partial charge in [-0.15, -0.1) is 0 Å². The number of halogens is 3. The van der Waals surface area contributed by atoms with Gasteiger partial charge < -0.3 is 4.74 Å². The Hall–Kier alpha value is -0.710. The largest absolute Gasteiger partial charge is 0.462 e. The van der Waals surface area contributed by atoms with Gasteiger partial charge in [-0.1, -0.05) is 0 Å². The van der Waals surface area contributed by atoms with Gasteiger partial charge in [0.2, 0.25) is 5.24 Å². The van der Waals surface area contributed by atoms with E-state index < -0.39 is 23.6 Å². The number of carbonyl (C=O) groups excluding carboxylic acids is 2. The van der Waals surface area contributed by atoms with E-state index in [9.17, 15) is 18.4 Å². The molecular formula is C6H7ClF2O3. The molecular weight excluding hydrogens is 194 g/mol. The van der Waals surface area contributed by atoms with E-state index in [0.717, 1.165) is 0 Å². The third kappa shape index (κ3) is 3.61. The van der Waals surface area contributed by atoms with Crippen molar-refractivity contribution in [1.82, 2.24) is 0 Å². The number of rotatable bonds is 4. The van der Waals surface area contributed by atoms with Crippen molar-refractivity contribution < 1.29 is 23.1 Å². The number of ether oxygens (including phenoxy) is 1. The van der Waals surface area contributed by atoms with Crippen molar-refractivity contribution in [2.24, 2.45) is 0 Å². The Labute approximate surface area is 72.6 Å². The molecule has 0 aliphatic carbocycles. The summed E-state index contributed by atoms with van der Waals surface area (Å²) in [5.74, 6) is -5.53. The number of alkyl halides is 2. The van der Waals surface area contributed by atoms with E-state index in [0.29, 0.717) is 0 Å². The molecule has 12 heavy (non-hydrogen) atoms. The molecule has 0 aliphatic heterocycles. The van der Waals surface area contributed by atoms with Crippen LogP contribution in [0, 0.1) is 0 Å². The first-order valence-corrected chi connectivity index (χ1v) is 3.51. The van der Waals surface area contributed by atoms with Crippen LogP contribution < -0.4 is 0 Å². The van der Waals surface area contributed by atoms with Crippen LogP contribution in [0.4, 0.5) is 8.78 Å². The van der Waals surface area contributed by atoms with Crippen molar-refractivity contribution in [1.29, 1.82) is 0 Å². The Morgan fingerprint density at radius 3 is 2.33 bits per heavy atom. The molecule has 0 aromatic carbocycles. The van der Waals surface area contributed by atoms with Crippen LogP contribution in [0.5, 0.6) is 0 Å². The summed E-state index contributed by atoms with van der Waals surface area (Å²) in [5.41, 5.74) is 0. The maximum Gasteiger partial charge on any atom is 0.377 e. The van der Waals surface area contributed by atoms with E-state index in [2.05, 4.69) is 16.3 Å². The molecule has 0 atom stereocenters. The van der Waals surface area contributed by atoms with E-state index in [1.165, 1.54) is 6.92 Å². The molecule has 0 spiro atoms. The molecule has 0 aromatic rings. The number of hydrogen-bond acceptors (Lipinski definition) is 3. The van der Waals surface area contributed by atoms with E-state index in [1.807, 2.05) is 0 Å². The highest BCUT2D eigenvalue weighted by Crippen LogP contribution is 2.21. The van der Waals surface area contributed by atoms with Crippen LogP contribution >= 0.6 is 11.6 Å². The lowest BCUT2D eigenvalue weighted by molar-refractivity contribution is -0.173. The zero-order valence-corrected chi connectivity index (χ0v) is 7.03. The van der Waals surface area contributed by atoms with Crippen LogP contribution in [0.3, 0.4) is 0 Å². The van der Waals surface area contributed by atoms with Gasteiger partial charge in [0.05, 0.1) is 13.0 Å². The van der Waals surface area contributed by atoms with Gasteiger partial charge in [0.1, 0.15) is 0 Å². The van der Waals surface area contributed by atoms with Crippen LogP contribution in [0.1, 0.15) is 13.3 Å². The predicted octanol–water partition coefficient (Wildman–Crippen LogP) is 1.34. The van der Waals surface area contributed by atoms with Crippen molar-refractivity contribution in [3.63, 3.8) is 0 Å². The molecule has 0 saturated carbocycles. The number of hydrogen-bond donors (Lipinski definition) is 0. The zero-order valence-electron chi connectivity index (χ0n) is 6.27. The van der Waals surface area contributed by atoms with Crippen molar-refractivity contribution in [3.05, 3.63) is 0 Å². The van der Waals surface area contributed by atoms with Gasteiger partial charge in [-0.25, -0.2) is 4.79 Å². The first-order chi connectivity index (χ1) is 5.40. The smallest absolute Gasteiger partial charge is 0.377 e. The van der Waals surface area contributed by atoms with Gasteiger partial charge in [-0.2, -0.15) is 8.78 Å². The number of carbonyl (C=O) groups is 2. The van der Waals surface area contributed by atoms with Gasteiger partial charge in [0.15, 0.2) is 0 Å². The second kappa shape index (κ2) is 4.35. The van der Waals surface area contributed by atoms with Gasteiger partial charge >= 0.3 is 11.9 Å². The summed E-state index contributed by atoms with van der Waals surface area (Å²) in [6, 6.07) is 0. The topological polar surface area (TPSA) is 43.4 Å². The Morgan fingerprint density at radius 2 is 2.00 bits per heavy atom. The summed E-state index contributed by atoms with van der Waals surface area (Å²) in [7, 11) is 0. The third-order valence-electron chi connectivity index (χ3n) is 0.935. The Balaban J connectivity index is 4.18. The van der Waals surface area contributed by atoms with E-state index in [1.54, 1.807) is 0 Å². The highest BCUT2D eigenvalue weighted by Gasteiger charge is 2.42. The summed E-state index contributed by atoms with van der Waals surface area (Å²) >= 11 is 4.68. The van der Waals surface area contributed by atoms with Crippen LogP contribution in [0.15, 0.2) is 0 Å². The van der Waals surface area contributed by atoms with Crippen molar-refractivity contribution >= 4 is 22.8 Å². The molecule has 70 valence electrons. The van der Waals surface area contributed by atoms with Crippen molar-refractivity contribution in [3.8, 4) is 0 Å². The molecule has 0 bridgehead atoms. The van der Waals surface area contributed by atoms with Gasteiger partial charge in [-0.3, -0.25) is 4.79 Å². The molecule has 6 heteroatoms. The lowest BCUT2D eigenvalue weighted by Crippen LogP contribution is -2.32. The third-order valence-corrected chi connectivity index (χ3v) is 1.07. The van der Waals surface area contributed by atoms with Gasteiger partial charge in [-0.05, 0) is 18.5 Å². The minimum atomic E-state index is -3.81. The van der Waals surface area contributed by atoms with Crippen LogP contribution in [-0.4, -0.2) is 23.7 Å². The molecule has 0 fully saturated rings. The van der Waals surface area contributed by atoms with Crippen molar-refractivity contribution in [2.75, 3.05) is 6.61 Å². The molecule has 0 N–H and O–H groups in total. The molecule has 0 aliphatic rings. The fraction of sp³-hybridized carbons (Fsp3) is 0.667. The van der Waals surface area contributed by atoms with Crippen molar-refractivity contribution in [2.45, 2.75) is 19.3 Å². The summed E-state index contributed by atoms with van der Waals surface area (Å²) in [5, 5.41) is -1.27. The predicted molar refractivity (Wildman–Crippen MR) is 37.1 cm³/mol. The monoisotopic (exact) mass is 200 g/mol. The van der Waals surface area contributed by atoms with E-state index in [-0.39, 0.29) is 6.61 Å². The average Bonchev–Trinajstić information content (AvgIpc) is 1.85. The van der Waals surface area contributed by atoms with Crippen LogP contribution in [-0.2, 0) is 14.3 Å². The fourth-order valence-electron chi connectivity index (χ4n) is 0.483. The minimum Gasteiger partial charge on any atom is -0.462 e. The summed E-state index contributed by atoms with van der Waals surface area (Å²) in [6.07, 6.45) is -1.33. The Kier molecular flexibility index (Phi) is 4.09. The summed E-state index contributed by atoms with van der Waals surface area (Å²) < 4.78 is 29.0. The second-order valence-electron chi connectivity index (χ2n) is 1.96. The van der Waals surface area contributed by atoms with Crippen LogP contribution in [0.2, 0.25) is 0 Å². The quantitative estimate of drug-likeness (QED) is 0.508. The Morgan fingerprint density at radius 1 is 1.50 bits per heavy atom. The van der Waals surface area contributed by atoms with Crippen LogP contribution in [0.25, 0.3) is 0 Å². The SMILES string of the molecule is CCOC(=O)C(F)(F)CC(=O)Cl. The van der Waals surface area contributed by atoms with E-state index >= 15 is 0 Å². The minimum absolute atomic E-state index is 0.162. The number of esters is 1. The highest BCUT2D eigenvalue weighted by molar-refractivity contribution is 6.63. The van der Waals surface area contributed by atoms with Gasteiger partial charge in [0.25, 0.3) is 0 Å². The molecule has 0 aromatic heterocycles. The first-order valence-electron chi connectivity index (χ1n) is 3.13. The normalized spacial score (nSPS) is 11.0. The molecule has 0 amide bonds. The molecule has 0 rings (SSSR count). The lowest BCUT2D eigenvalue weighted by Gasteiger charge is -2.11. The summed E-state index contributed by atoms with van der Waals surface area (Å²) in [4.78, 5) is 20.5. The molecule has 0 saturated heterocycles. The lowest BCUT2D eigenvalue weighted by atomic mass is 10.2. The average molecular weight is 201 g/mol. The maximum atomic E-state index is 12.5. The zero-order chi connectivity index (χ0) is 9.78. The maximum absolute atomic E-state index is 12.5. The standard InChI is InChI=1S/C6H7ClF2O3/c1-2-12-5(11)6(8,9)3-4(7)10/h2-3H2,1H3. The highest BCUT2D eigenvalue weighted by atomic mass is 35.5. The molecule has 0 unspecified atom stereocenters. The second-order valence-corrected chi connectivity index (χ2v) is 2.38. The fourth-order valence-corrected chi connectivity index (χ4v) is 0.651. The first kappa shape index (κ1) is 11.3. The Bertz CT molecular complexity index is 193. The molecule has 0 heterocycles.